The quantitative estimate of drug-likeness (QED) is 0.664. The summed E-state index contributed by atoms with van der Waals surface area (Å²) in [5.41, 5.74) is 0.0379. The molecule has 0 aromatic heterocycles. The molecule has 0 heterocycles. The Hall–Kier alpha value is -0.0400. The van der Waals surface area contributed by atoms with Gasteiger partial charge in [0.25, 0.3) is 0 Å². The molecule has 2 unspecified atom stereocenters. The standard InChI is InChI=1S/C15H26O/c1-10-5-7-14-9-12(10)13(3,4)15(14,16)8-6-11(14)2/h10-12,16H,5-9H2,1-4H3/t10?,11-,12+,14+,15?/m1/s1. The molecule has 2 bridgehead atoms. The van der Waals surface area contributed by atoms with Gasteiger partial charge in [-0.25, -0.2) is 0 Å². The SMILES string of the molecule is CC1CC[C@@]23C[C@@H]1C(C)(C)C2(O)CC[C@H]3C. The Bertz CT molecular complexity index is 321. The van der Waals surface area contributed by atoms with Crippen LogP contribution in [0.25, 0.3) is 0 Å². The molecule has 0 amide bonds. The number of fused-ring (bicyclic) bond motifs is 1. The minimum atomic E-state index is -0.366. The molecule has 1 heteroatoms. The molecule has 92 valence electrons. The van der Waals surface area contributed by atoms with Crippen molar-refractivity contribution in [3.05, 3.63) is 0 Å². The molecule has 0 aromatic carbocycles. The second-order valence-electron chi connectivity index (χ2n) is 7.50. The molecule has 0 aliphatic heterocycles. The summed E-state index contributed by atoms with van der Waals surface area (Å²) < 4.78 is 0. The number of rotatable bonds is 0. The molecule has 16 heavy (non-hydrogen) atoms. The van der Waals surface area contributed by atoms with Gasteiger partial charge >= 0.3 is 0 Å². The van der Waals surface area contributed by atoms with E-state index in [-0.39, 0.29) is 16.4 Å². The van der Waals surface area contributed by atoms with Crippen LogP contribution in [0.1, 0.15) is 59.8 Å². The maximum Gasteiger partial charge on any atom is 0.0759 e. The van der Waals surface area contributed by atoms with Crippen LogP contribution < -0.4 is 0 Å². The molecule has 3 aliphatic rings. The van der Waals surface area contributed by atoms with Crippen LogP contribution >= 0.6 is 0 Å². The predicted molar refractivity (Wildman–Crippen MR) is 66.1 cm³/mol. The Kier molecular flexibility index (Phi) is 1.98. The van der Waals surface area contributed by atoms with Crippen molar-refractivity contribution in [3.63, 3.8) is 0 Å². The summed E-state index contributed by atoms with van der Waals surface area (Å²) in [5, 5.41) is 11.3. The van der Waals surface area contributed by atoms with Gasteiger partial charge in [-0.2, -0.15) is 0 Å². The van der Waals surface area contributed by atoms with Crippen LogP contribution in [0.2, 0.25) is 0 Å². The topological polar surface area (TPSA) is 20.2 Å². The highest BCUT2D eigenvalue weighted by Gasteiger charge is 2.72. The van der Waals surface area contributed by atoms with E-state index in [1.54, 1.807) is 0 Å². The average molecular weight is 222 g/mol. The summed E-state index contributed by atoms with van der Waals surface area (Å²) in [6, 6.07) is 0. The van der Waals surface area contributed by atoms with E-state index in [4.69, 9.17) is 0 Å². The Labute approximate surface area is 99.6 Å². The van der Waals surface area contributed by atoms with Crippen molar-refractivity contribution in [2.45, 2.75) is 65.4 Å². The van der Waals surface area contributed by atoms with Gasteiger partial charge in [0.1, 0.15) is 0 Å². The van der Waals surface area contributed by atoms with Crippen molar-refractivity contribution in [1.29, 1.82) is 0 Å². The molecule has 3 rings (SSSR count). The summed E-state index contributed by atoms with van der Waals surface area (Å²) in [6.45, 7) is 9.44. The number of hydrogen-bond acceptors (Lipinski definition) is 1. The molecule has 0 radical (unpaired) electrons. The summed E-state index contributed by atoms with van der Waals surface area (Å²) in [5.74, 6) is 2.28. The molecular formula is C15H26O. The fourth-order valence-corrected chi connectivity index (χ4v) is 5.80. The molecule has 1 N–H and O–H groups in total. The van der Waals surface area contributed by atoms with Gasteiger partial charge in [0, 0.05) is 5.41 Å². The van der Waals surface area contributed by atoms with Crippen molar-refractivity contribution in [3.8, 4) is 0 Å². The summed E-state index contributed by atoms with van der Waals surface area (Å²) >= 11 is 0. The van der Waals surface area contributed by atoms with Crippen molar-refractivity contribution in [1.82, 2.24) is 0 Å². The lowest BCUT2D eigenvalue weighted by Gasteiger charge is -2.45. The van der Waals surface area contributed by atoms with Crippen LogP contribution in [0, 0.1) is 28.6 Å². The fraction of sp³-hybridized carbons (Fsp3) is 1.00. The smallest absolute Gasteiger partial charge is 0.0759 e. The van der Waals surface area contributed by atoms with Crippen LogP contribution in [0.15, 0.2) is 0 Å². The highest BCUT2D eigenvalue weighted by Crippen LogP contribution is 2.74. The lowest BCUT2D eigenvalue weighted by Crippen LogP contribution is -2.49. The van der Waals surface area contributed by atoms with E-state index in [0.717, 1.165) is 24.2 Å². The lowest BCUT2D eigenvalue weighted by atomic mass is 9.64. The van der Waals surface area contributed by atoms with Crippen molar-refractivity contribution >= 4 is 0 Å². The summed E-state index contributed by atoms with van der Waals surface area (Å²) in [6.07, 6.45) is 6.18. The van der Waals surface area contributed by atoms with E-state index < -0.39 is 0 Å². The first-order valence-electron chi connectivity index (χ1n) is 7.07. The minimum Gasteiger partial charge on any atom is -0.389 e. The van der Waals surface area contributed by atoms with Crippen molar-refractivity contribution in [2.24, 2.45) is 28.6 Å². The van der Waals surface area contributed by atoms with Crippen LogP contribution in [0.3, 0.4) is 0 Å². The van der Waals surface area contributed by atoms with E-state index in [2.05, 4.69) is 27.7 Å². The molecule has 3 saturated carbocycles. The first-order chi connectivity index (χ1) is 7.35. The van der Waals surface area contributed by atoms with E-state index in [1.807, 2.05) is 0 Å². The highest BCUT2D eigenvalue weighted by molar-refractivity contribution is 5.22. The zero-order chi connectivity index (χ0) is 11.8. The third-order valence-corrected chi connectivity index (χ3v) is 7.02. The second-order valence-corrected chi connectivity index (χ2v) is 7.50. The Morgan fingerprint density at radius 1 is 1.06 bits per heavy atom. The molecule has 1 spiro atoms. The third-order valence-electron chi connectivity index (χ3n) is 7.02. The monoisotopic (exact) mass is 222 g/mol. The number of aliphatic hydroxyl groups is 1. The normalized spacial score (nSPS) is 58.7. The Balaban J connectivity index is 2.13. The van der Waals surface area contributed by atoms with Crippen LogP contribution in [0.5, 0.6) is 0 Å². The average Bonchev–Trinajstić information content (AvgIpc) is 2.55. The zero-order valence-electron chi connectivity index (χ0n) is 11.2. The van der Waals surface area contributed by atoms with Gasteiger partial charge < -0.3 is 5.11 Å². The summed E-state index contributed by atoms with van der Waals surface area (Å²) in [4.78, 5) is 0. The maximum atomic E-state index is 11.3. The van der Waals surface area contributed by atoms with Gasteiger partial charge in [0.2, 0.25) is 0 Å². The van der Waals surface area contributed by atoms with Crippen molar-refractivity contribution < 1.29 is 5.11 Å². The Morgan fingerprint density at radius 3 is 2.44 bits per heavy atom. The zero-order valence-corrected chi connectivity index (χ0v) is 11.2. The maximum absolute atomic E-state index is 11.3. The van der Waals surface area contributed by atoms with E-state index in [1.165, 1.54) is 25.7 Å². The third kappa shape index (κ3) is 0.903. The second kappa shape index (κ2) is 2.85. The van der Waals surface area contributed by atoms with Gasteiger partial charge in [0.05, 0.1) is 5.60 Å². The highest BCUT2D eigenvalue weighted by atomic mass is 16.3. The van der Waals surface area contributed by atoms with Gasteiger partial charge in [-0.1, -0.05) is 27.7 Å². The van der Waals surface area contributed by atoms with E-state index >= 15 is 0 Å². The van der Waals surface area contributed by atoms with Crippen LogP contribution in [0.4, 0.5) is 0 Å². The molecule has 0 aromatic rings. The molecule has 3 aliphatic carbocycles. The van der Waals surface area contributed by atoms with Gasteiger partial charge in [-0.15, -0.1) is 0 Å². The van der Waals surface area contributed by atoms with Gasteiger partial charge in [-0.3, -0.25) is 0 Å². The summed E-state index contributed by atoms with van der Waals surface area (Å²) in [7, 11) is 0. The minimum absolute atomic E-state index is 0.133. The van der Waals surface area contributed by atoms with E-state index in [0.29, 0.717) is 0 Å². The molecular weight excluding hydrogens is 196 g/mol. The molecule has 1 nitrogen and oxygen atoms in total. The molecule has 0 saturated heterocycles. The van der Waals surface area contributed by atoms with Crippen LogP contribution in [-0.2, 0) is 0 Å². The van der Waals surface area contributed by atoms with E-state index in [9.17, 15) is 5.11 Å². The first-order valence-corrected chi connectivity index (χ1v) is 7.07. The Morgan fingerprint density at radius 2 is 1.75 bits per heavy atom. The fourth-order valence-electron chi connectivity index (χ4n) is 5.80. The first kappa shape index (κ1) is 11.1. The van der Waals surface area contributed by atoms with Crippen LogP contribution in [-0.4, -0.2) is 10.7 Å². The lowest BCUT2D eigenvalue weighted by molar-refractivity contribution is -0.115. The predicted octanol–water partition coefficient (Wildman–Crippen LogP) is 3.61. The van der Waals surface area contributed by atoms with Gasteiger partial charge in [-0.05, 0) is 55.3 Å². The van der Waals surface area contributed by atoms with Crippen molar-refractivity contribution in [2.75, 3.05) is 0 Å². The molecule has 3 fully saturated rings. The van der Waals surface area contributed by atoms with Gasteiger partial charge in [0.15, 0.2) is 0 Å². The number of hydrogen-bond donors (Lipinski definition) is 1. The molecule has 5 atom stereocenters. The largest absolute Gasteiger partial charge is 0.389 e.